The van der Waals surface area contributed by atoms with Crippen molar-refractivity contribution in [3.05, 3.63) is 0 Å². The fourth-order valence-corrected chi connectivity index (χ4v) is 4.10. The maximum atomic E-state index is 10.4. The number of likely N-dealkylation sites (tertiary alicyclic amines) is 1. The summed E-state index contributed by atoms with van der Waals surface area (Å²) in [5.74, 6) is 2.04. The van der Waals surface area contributed by atoms with Crippen LogP contribution in [0.3, 0.4) is 0 Å². The molecule has 0 aromatic rings. The third kappa shape index (κ3) is 2.75. The molecule has 18 heavy (non-hydrogen) atoms. The molecule has 0 unspecified atom stereocenters. The van der Waals surface area contributed by atoms with E-state index < -0.39 is 0 Å². The van der Waals surface area contributed by atoms with Crippen molar-refractivity contribution in [1.82, 2.24) is 4.90 Å². The zero-order chi connectivity index (χ0) is 13.3. The zero-order valence-electron chi connectivity index (χ0n) is 12.7. The molecule has 1 saturated carbocycles. The fraction of sp³-hybridized carbons (Fsp3) is 1.00. The van der Waals surface area contributed by atoms with Crippen LogP contribution >= 0.6 is 0 Å². The van der Waals surface area contributed by atoms with Crippen molar-refractivity contribution in [1.29, 1.82) is 0 Å². The topological polar surface area (TPSA) is 23.5 Å². The van der Waals surface area contributed by atoms with Crippen molar-refractivity contribution in [2.75, 3.05) is 13.1 Å². The number of hydrogen-bond acceptors (Lipinski definition) is 2. The number of rotatable bonds is 3. The van der Waals surface area contributed by atoms with Crippen LogP contribution in [-0.4, -0.2) is 34.7 Å². The summed E-state index contributed by atoms with van der Waals surface area (Å²) in [4.78, 5) is 2.64. The third-order valence-electron chi connectivity index (χ3n) is 5.66. The van der Waals surface area contributed by atoms with E-state index in [-0.39, 0.29) is 11.6 Å². The van der Waals surface area contributed by atoms with Crippen molar-refractivity contribution in [2.45, 2.75) is 71.4 Å². The van der Waals surface area contributed by atoms with Crippen LogP contribution in [0, 0.1) is 17.8 Å². The van der Waals surface area contributed by atoms with Gasteiger partial charge in [-0.15, -0.1) is 0 Å². The van der Waals surface area contributed by atoms with Gasteiger partial charge in [0.2, 0.25) is 0 Å². The maximum Gasteiger partial charge on any atom is 0.0588 e. The van der Waals surface area contributed by atoms with Gasteiger partial charge in [-0.3, -0.25) is 4.90 Å². The lowest BCUT2D eigenvalue weighted by atomic mass is 9.71. The summed E-state index contributed by atoms with van der Waals surface area (Å²) in [6.07, 6.45) is 6.04. The van der Waals surface area contributed by atoms with E-state index in [1.54, 1.807) is 0 Å². The summed E-state index contributed by atoms with van der Waals surface area (Å²) in [6, 6.07) is 0. The second kappa shape index (κ2) is 5.50. The van der Waals surface area contributed by atoms with E-state index in [9.17, 15) is 5.11 Å². The van der Waals surface area contributed by atoms with Gasteiger partial charge in [0.25, 0.3) is 0 Å². The van der Waals surface area contributed by atoms with Gasteiger partial charge in [0, 0.05) is 18.0 Å². The van der Waals surface area contributed by atoms with Crippen LogP contribution in [0.25, 0.3) is 0 Å². The van der Waals surface area contributed by atoms with E-state index in [1.807, 2.05) is 0 Å². The van der Waals surface area contributed by atoms with Crippen LogP contribution in [0.2, 0.25) is 0 Å². The van der Waals surface area contributed by atoms with Crippen LogP contribution < -0.4 is 0 Å². The van der Waals surface area contributed by atoms with Crippen LogP contribution in [0.1, 0.15) is 59.8 Å². The molecule has 1 heterocycles. The molecule has 1 saturated heterocycles. The molecule has 1 aliphatic carbocycles. The molecule has 0 bridgehead atoms. The molecule has 2 heteroatoms. The van der Waals surface area contributed by atoms with Gasteiger partial charge in [-0.1, -0.05) is 26.7 Å². The van der Waals surface area contributed by atoms with Crippen LogP contribution in [0.4, 0.5) is 0 Å². The molecule has 0 aromatic carbocycles. The standard InChI is InChI=1S/C16H31NO/c1-5-13-8-9-17(11-13)16(3,4)14-7-6-12(2)10-15(14)18/h12-15,18H,5-11H2,1-4H3/t12-,13-,14-,15-/m1/s1. The van der Waals surface area contributed by atoms with Gasteiger partial charge in [-0.05, 0) is 51.5 Å². The van der Waals surface area contributed by atoms with Gasteiger partial charge in [0.1, 0.15) is 0 Å². The Bertz CT molecular complexity index is 276. The van der Waals surface area contributed by atoms with Crippen molar-refractivity contribution in [2.24, 2.45) is 17.8 Å². The SMILES string of the molecule is CC[C@@H]1CCN(C(C)(C)[C@@H]2CC[C@@H](C)C[C@H]2O)C1. The molecule has 1 aliphatic heterocycles. The molecule has 4 atom stereocenters. The minimum atomic E-state index is -0.0931. The summed E-state index contributed by atoms with van der Waals surface area (Å²) in [5.41, 5.74) is 0.170. The molecule has 1 N–H and O–H groups in total. The minimum absolute atomic E-state index is 0.0931. The van der Waals surface area contributed by atoms with Crippen molar-refractivity contribution < 1.29 is 5.11 Å². The Morgan fingerprint density at radius 3 is 2.50 bits per heavy atom. The number of nitrogens with zero attached hydrogens (tertiary/aromatic N) is 1. The molecule has 0 spiro atoms. The highest BCUT2D eigenvalue weighted by Crippen LogP contribution is 2.40. The molecule has 2 nitrogen and oxygen atoms in total. The fourth-order valence-electron chi connectivity index (χ4n) is 4.10. The van der Waals surface area contributed by atoms with E-state index in [4.69, 9.17) is 0 Å². The summed E-state index contributed by atoms with van der Waals surface area (Å²) in [6.45, 7) is 11.8. The molecule has 0 amide bonds. The van der Waals surface area contributed by atoms with E-state index in [0.29, 0.717) is 11.8 Å². The van der Waals surface area contributed by atoms with E-state index >= 15 is 0 Å². The molecular weight excluding hydrogens is 222 g/mol. The lowest BCUT2D eigenvalue weighted by Crippen LogP contribution is -2.53. The predicted molar refractivity (Wildman–Crippen MR) is 76.6 cm³/mol. The smallest absolute Gasteiger partial charge is 0.0588 e. The zero-order valence-corrected chi connectivity index (χ0v) is 12.7. The Labute approximate surface area is 113 Å². The monoisotopic (exact) mass is 253 g/mol. The molecule has 2 rings (SSSR count). The molecule has 2 aliphatic rings. The van der Waals surface area contributed by atoms with Gasteiger partial charge < -0.3 is 5.11 Å². The Hall–Kier alpha value is -0.0800. The Kier molecular flexibility index (Phi) is 4.38. The number of aliphatic hydroxyl groups excluding tert-OH is 1. The maximum absolute atomic E-state index is 10.4. The first-order chi connectivity index (χ1) is 8.45. The Morgan fingerprint density at radius 2 is 1.94 bits per heavy atom. The normalized spacial score (nSPS) is 39.2. The summed E-state index contributed by atoms with van der Waals surface area (Å²) in [5, 5.41) is 10.4. The first-order valence-electron chi connectivity index (χ1n) is 7.88. The summed E-state index contributed by atoms with van der Waals surface area (Å²) < 4.78 is 0. The van der Waals surface area contributed by atoms with Gasteiger partial charge >= 0.3 is 0 Å². The van der Waals surface area contributed by atoms with E-state index in [1.165, 1.54) is 38.8 Å². The van der Waals surface area contributed by atoms with Gasteiger partial charge in [-0.25, -0.2) is 0 Å². The van der Waals surface area contributed by atoms with E-state index in [2.05, 4.69) is 32.6 Å². The lowest BCUT2D eigenvalue weighted by Gasteiger charge is -2.47. The van der Waals surface area contributed by atoms with Crippen LogP contribution in [-0.2, 0) is 0 Å². The van der Waals surface area contributed by atoms with Crippen molar-refractivity contribution in [3.63, 3.8) is 0 Å². The first-order valence-corrected chi connectivity index (χ1v) is 7.88. The lowest BCUT2D eigenvalue weighted by molar-refractivity contribution is -0.0378. The van der Waals surface area contributed by atoms with Crippen LogP contribution in [0.15, 0.2) is 0 Å². The molecule has 0 radical (unpaired) electrons. The summed E-state index contributed by atoms with van der Waals surface area (Å²) >= 11 is 0. The highest BCUT2D eigenvalue weighted by molar-refractivity contribution is 4.97. The quantitative estimate of drug-likeness (QED) is 0.834. The van der Waals surface area contributed by atoms with Gasteiger partial charge in [-0.2, -0.15) is 0 Å². The highest BCUT2D eigenvalue weighted by atomic mass is 16.3. The van der Waals surface area contributed by atoms with Crippen molar-refractivity contribution >= 4 is 0 Å². The second-order valence-electron chi connectivity index (χ2n) is 7.25. The van der Waals surface area contributed by atoms with Crippen molar-refractivity contribution in [3.8, 4) is 0 Å². The molecule has 0 aromatic heterocycles. The summed E-state index contributed by atoms with van der Waals surface area (Å²) in [7, 11) is 0. The predicted octanol–water partition coefficient (Wildman–Crippen LogP) is 3.29. The average molecular weight is 253 g/mol. The molecule has 106 valence electrons. The second-order valence-corrected chi connectivity index (χ2v) is 7.25. The minimum Gasteiger partial charge on any atom is -0.393 e. The number of hydrogen-bond donors (Lipinski definition) is 1. The Balaban J connectivity index is 2.01. The van der Waals surface area contributed by atoms with E-state index in [0.717, 1.165) is 12.3 Å². The highest BCUT2D eigenvalue weighted by Gasteiger charge is 2.43. The number of aliphatic hydroxyl groups is 1. The van der Waals surface area contributed by atoms with Crippen LogP contribution in [0.5, 0.6) is 0 Å². The molecular formula is C16H31NO. The first kappa shape index (κ1) is 14.3. The third-order valence-corrected chi connectivity index (χ3v) is 5.66. The van der Waals surface area contributed by atoms with Gasteiger partial charge in [0.05, 0.1) is 6.10 Å². The average Bonchev–Trinajstić information content (AvgIpc) is 2.77. The van der Waals surface area contributed by atoms with Gasteiger partial charge in [0.15, 0.2) is 0 Å². The Morgan fingerprint density at radius 1 is 1.22 bits per heavy atom. The largest absolute Gasteiger partial charge is 0.393 e. The molecule has 2 fully saturated rings.